The van der Waals surface area contributed by atoms with Crippen LogP contribution in [0.1, 0.15) is 6.92 Å². The summed E-state index contributed by atoms with van der Waals surface area (Å²) in [6.45, 7) is 5.18. The number of rotatable bonds is 4. The van der Waals surface area contributed by atoms with E-state index in [0.717, 1.165) is 0 Å². The van der Waals surface area contributed by atoms with Gasteiger partial charge in [-0.2, -0.15) is 0 Å². The zero-order valence-corrected chi connectivity index (χ0v) is 7.57. The van der Waals surface area contributed by atoms with Gasteiger partial charge >= 0.3 is 5.97 Å². The van der Waals surface area contributed by atoms with E-state index in [1.807, 2.05) is 0 Å². The second-order valence-electron chi connectivity index (χ2n) is 2.19. The van der Waals surface area contributed by atoms with E-state index in [1.54, 1.807) is 13.2 Å². The normalized spacial score (nSPS) is 12.2. The van der Waals surface area contributed by atoms with Crippen molar-refractivity contribution in [3.05, 3.63) is 12.2 Å². The number of ether oxygens (including phenoxy) is 1. The summed E-state index contributed by atoms with van der Waals surface area (Å²) in [5.41, 5.74) is 0.367. The lowest BCUT2D eigenvalue weighted by atomic mass is 10.4. The molecule has 0 radical (unpaired) electrons. The molecular formula is C7H12O3S. The van der Waals surface area contributed by atoms with Gasteiger partial charge in [-0.05, 0) is 6.92 Å². The van der Waals surface area contributed by atoms with Crippen LogP contribution >= 0.6 is 0 Å². The first-order valence-corrected chi connectivity index (χ1v) is 4.89. The number of esters is 1. The van der Waals surface area contributed by atoms with E-state index in [1.165, 1.54) is 0 Å². The molecule has 64 valence electrons. The zero-order valence-electron chi connectivity index (χ0n) is 6.75. The van der Waals surface area contributed by atoms with Crippen LogP contribution in [0, 0.1) is 0 Å². The van der Waals surface area contributed by atoms with Gasteiger partial charge in [0.15, 0.2) is 0 Å². The first kappa shape index (κ1) is 10.4. The van der Waals surface area contributed by atoms with Crippen molar-refractivity contribution >= 4 is 16.8 Å². The smallest absolute Gasteiger partial charge is 0.333 e. The second-order valence-corrected chi connectivity index (χ2v) is 3.75. The third-order valence-corrected chi connectivity index (χ3v) is 1.69. The second kappa shape index (κ2) is 5.07. The van der Waals surface area contributed by atoms with Gasteiger partial charge in [-0.1, -0.05) is 6.58 Å². The topological polar surface area (TPSA) is 43.4 Å². The van der Waals surface area contributed by atoms with Gasteiger partial charge in [0.25, 0.3) is 0 Å². The molecule has 0 saturated carbocycles. The Morgan fingerprint density at radius 2 is 2.18 bits per heavy atom. The molecule has 0 aromatic carbocycles. The Morgan fingerprint density at radius 1 is 1.64 bits per heavy atom. The molecule has 0 N–H and O–H groups in total. The molecule has 0 bridgehead atoms. The molecule has 0 aliphatic rings. The molecule has 0 aliphatic heterocycles. The minimum Gasteiger partial charge on any atom is -0.461 e. The van der Waals surface area contributed by atoms with Gasteiger partial charge in [-0.25, -0.2) is 4.79 Å². The maximum Gasteiger partial charge on any atom is 0.333 e. The fraction of sp³-hybridized carbons (Fsp3) is 0.571. The minimum atomic E-state index is -0.902. The summed E-state index contributed by atoms with van der Waals surface area (Å²) in [6, 6.07) is 0. The Balaban J connectivity index is 3.47. The number of hydrogen-bond donors (Lipinski definition) is 0. The SMILES string of the molecule is C=C(C)C(=O)OCCS(C)=O. The van der Waals surface area contributed by atoms with Crippen molar-refractivity contribution in [2.45, 2.75) is 6.92 Å². The molecule has 3 nitrogen and oxygen atoms in total. The highest BCUT2D eigenvalue weighted by molar-refractivity contribution is 7.84. The van der Waals surface area contributed by atoms with Crippen molar-refractivity contribution in [1.82, 2.24) is 0 Å². The largest absolute Gasteiger partial charge is 0.461 e. The van der Waals surface area contributed by atoms with Crippen LogP contribution in [0.25, 0.3) is 0 Å². The van der Waals surface area contributed by atoms with E-state index < -0.39 is 16.8 Å². The van der Waals surface area contributed by atoms with Crippen LogP contribution in [0.5, 0.6) is 0 Å². The Kier molecular flexibility index (Phi) is 4.77. The van der Waals surface area contributed by atoms with Gasteiger partial charge in [-0.15, -0.1) is 0 Å². The van der Waals surface area contributed by atoms with Gasteiger partial charge in [0.2, 0.25) is 0 Å². The van der Waals surface area contributed by atoms with Crippen molar-refractivity contribution in [3.8, 4) is 0 Å². The van der Waals surface area contributed by atoms with Crippen molar-refractivity contribution < 1.29 is 13.7 Å². The summed E-state index contributed by atoms with van der Waals surface area (Å²) in [5, 5.41) is 0. The van der Waals surface area contributed by atoms with Crippen molar-refractivity contribution in [2.75, 3.05) is 18.6 Å². The molecular weight excluding hydrogens is 164 g/mol. The first-order valence-electron chi connectivity index (χ1n) is 3.16. The molecule has 11 heavy (non-hydrogen) atoms. The van der Waals surface area contributed by atoms with Gasteiger partial charge < -0.3 is 4.74 Å². The van der Waals surface area contributed by atoms with Crippen LogP contribution in [-0.2, 0) is 20.3 Å². The molecule has 0 saturated heterocycles. The van der Waals surface area contributed by atoms with Crippen LogP contribution in [0.4, 0.5) is 0 Å². The van der Waals surface area contributed by atoms with Gasteiger partial charge in [0.05, 0.1) is 5.75 Å². The molecule has 0 rings (SSSR count). The molecule has 1 atom stereocenters. The summed E-state index contributed by atoms with van der Waals surface area (Å²) in [6.07, 6.45) is 1.56. The standard InChI is InChI=1S/C7H12O3S/c1-6(2)7(8)10-4-5-11(3)9/h1,4-5H2,2-3H3. The lowest BCUT2D eigenvalue weighted by Crippen LogP contribution is -2.11. The van der Waals surface area contributed by atoms with E-state index in [2.05, 4.69) is 11.3 Å². The predicted molar refractivity (Wildman–Crippen MR) is 44.7 cm³/mol. The van der Waals surface area contributed by atoms with E-state index in [0.29, 0.717) is 11.3 Å². The lowest BCUT2D eigenvalue weighted by Gasteiger charge is -2.01. The third-order valence-electron chi connectivity index (χ3n) is 0.952. The first-order chi connectivity index (χ1) is 5.04. The molecule has 0 aromatic rings. The molecule has 1 unspecified atom stereocenters. The molecule has 0 aliphatic carbocycles. The van der Waals surface area contributed by atoms with E-state index in [-0.39, 0.29) is 6.61 Å². The fourth-order valence-electron chi connectivity index (χ4n) is 0.375. The Morgan fingerprint density at radius 3 is 2.55 bits per heavy atom. The molecule has 0 aromatic heterocycles. The zero-order chi connectivity index (χ0) is 8.85. The Hall–Kier alpha value is -0.640. The van der Waals surface area contributed by atoms with E-state index in [9.17, 15) is 9.00 Å². The van der Waals surface area contributed by atoms with Gasteiger partial charge in [0.1, 0.15) is 6.61 Å². The highest BCUT2D eigenvalue weighted by Crippen LogP contribution is 1.91. The highest BCUT2D eigenvalue weighted by Gasteiger charge is 2.02. The minimum absolute atomic E-state index is 0.203. The van der Waals surface area contributed by atoms with Crippen LogP contribution in [-0.4, -0.2) is 28.8 Å². The van der Waals surface area contributed by atoms with Crippen molar-refractivity contribution in [1.29, 1.82) is 0 Å². The van der Waals surface area contributed by atoms with Gasteiger partial charge in [-0.3, -0.25) is 4.21 Å². The molecule has 0 spiro atoms. The number of carbonyl (C=O) groups is 1. The van der Waals surface area contributed by atoms with Crippen LogP contribution in [0.3, 0.4) is 0 Å². The van der Waals surface area contributed by atoms with Crippen molar-refractivity contribution in [2.24, 2.45) is 0 Å². The molecule has 0 amide bonds. The maximum absolute atomic E-state index is 10.7. The summed E-state index contributed by atoms with van der Waals surface area (Å²) < 4.78 is 15.2. The monoisotopic (exact) mass is 176 g/mol. The van der Waals surface area contributed by atoms with Crippen LogP contribution in [0.15, 0.2) is 12.2 Å². The highest BCUT2D eigenvalue weighted by atomic mass is 32.2. The summed E-state index contributed by atoms with van der Waals surface area (Å²) in [7, 11) is -0.902. The Labute approximate surface area is 68.9 Å². The third kappa shape index (κ3) is 5.79. The predicted octanol–water partition coefficient (Wildman–Crippen LogP) is 0.484. The average molecular weight is 176 g/mol. The quantitative estimate of drug-likeness (QED) is 0.462. The summed E-state index contributed by atoms with van der Waals surface area (Å²) >= 11 is 0. The summed E-state index contributed by atoms with van der Waals surface area (Å²) in [4.78, 5) is 10.7. The molecule has 0 fully saturated rings. The maximum atomic E-state index is 10.7. The van der Waals surface area contributed by atoms with E-state index >= 15 is 0 Å². The number of hydrogen-bond acceptors (Lipinski definition) is 3. The average Bonchev–Trinajstić information content (AvgIpc) is 1.86. The molecule has 4 heteroatoms. The van der Waals surface area contributed by atoms with Crippen LogP contribution in [0.2, 0.25) is 0 Å². The molecule has 0 heterocycles. The summed E-state index contributed by atoms with van der Waals surface area (Å²) in [5.74, 6) is -0.0330. The fourth-order valence-corrected chi connectivity index (χ4v) is 0.693. The number of carbonyl (C=O) groups excluding carboxylic acids is 1. The Bertz CT molecular complexity index is 186. The van der Waals surface area contributed by atoms with Gasteiger partial charge in [0, 0.05) is 22.6 Å². The van der Waals surface area contributed by atoms with E-state index in [4.69, 9.17) is 0 Å². The van der Waals surface area contributed by atoms with Crippen molar-refractivity contribution in [3.63, 3.8) is 0 Å². The lowest BCUT2D eigenvalue weighted by molar-refractivity contribution is -0.138. The van der Waals surface area contributed by atoms with Crippen LogP contribution < -0.4 is 0 Å².